The molecule has 0 radical (unpaired) electrons. The number of likely N-dealkylation sites (N-methyl/N-ethyl adjacent to an activating group) is 1. The number of halogens is 1. The van der Waals surface area contributed by atoms with Gasteiger partial charge in [-0.1, -0.05) is 0 Å². The summed E-state index contributed by atoms with van der Waals surface area (Å²) in [7, 11) is 1.76. The highest BCUT2D eigenvalue weighted by molar-refractivity contribution is 5.58. The molecule has 0 N–H and O–H groups in total. The Morgan fingerprint density at radius 3 is 2.67 bits per heavy atom. The minimum absolute atomic E-state index is 0.181. The molecule has 0 bridgehead atoms. The van der Waals surface area contributed by atoms with Crippen molar-refractivity contribution in [3.63, 3.8) is 0 Å². The summed E-state index contributed by atoms with van der Waals surface area (Å²) >= 11 is 0. The van der Waals surface area contributed by atoms with Crippen LogP contribution >= 0.6 is 0 Å². The first kappa shape index (κ1) is 6.68. The second kappa shape index (κ2) is 2.43. The summed E-state index contributed by atoms with van der Waals surface area (Å²) in [5.41, 5.74) is 0. The summed E-state index contributed by atoms with van der Waals surface area (Å²) in [6, 6.07) is -0.181. The molecule has 0 spiro atoms. The molecule has 3 heteroatoms. The van der Waals surface area contributed by atoms with E-state index in [-0.39, 0.29) is 6.04 Å². The molecule has 0 aromatic heterocycles. The monoisotopic (exact) mass is 131 g/mol. The summed E-state index contributed by atoms with van der Waals surface area (Å²) in [5.74, 6) is 0. The van der Waals surface area contributed by atoms with Crippen molar-refractivity contribution in [2.45, 2.75) is 18.6 Å². The van der Waals surface area contributed by atoms with Crippen LogP contribution in [-0.4, -0.2) is 37.0 Å². The fourth-order valence-corrected chi connectivity index (χ4v) is 1.12. The Labute approximate surface area is 53.6 Å². The maximum Gasteiger partial charge on any atom is 0.137 e. The zero-order chi connectivity index (χ0) is 6.85. The van der Waals surface area contributed by atoms with Crippen LogP contribution in [0.2, 0.25) is 0 Å². The zero-order valence-corrected chi connectivity index (χ0v) is 5.38. The van der Waals surface area contributed by atoms with Gasteiger partial charge in [-0.25, -0.2) is 4.39 Å². The summed E-state index contributed by atoms with van der Waals surface area (Å²) in [6.07, 6.45) is 0.379. The van der Waals surface area contributed by atoms with Gasteiger partial charge in [0.25, 0.3) is 0 Å². The van der Waals surface area contributed by atoms with Crippen LogP contribution in [-0.2, 0) is 4.79 Å². The summed E-state index contributed by atoms with van der Waals surface area (Å²) in [6.45, 7) is 0.406. The molecule has 9 heavy (non-hydrogen) atoms. The SMILES string of the molecule is CN1C[C@@H](F)C[C@@H]1C=O. The third-order valence-electron chi connectivity index (χ3n) is 1.71. The van der Waals surface area contributed by atoms with Crippen molar-refractivity contribution < 1.29 is 9.18 Å². The lowest BCUT2D eigenvalue weighted by Crippen LogP contribution is -2.25. The summed E-state index contributed by atoms with van der Waals surface area (Å²) in [4.78, 5) is 11.9. The second-order valence-electron chi connectivity index (χ2n) is 2.48. The van der Waals surface area contributed by atoms with Gasteiger partial charge in [0.05, 0.1) is 6.04 Å². The molecule has 0 aliphatic carbocycles. The molecular formula is C6H10FNO. The molecule has 0 aromatic rings. The zero-order valence-electron chi connectivity index (χ0n) is 5.38. The van der Waals surface area contributed by atoms with Gasteiger partial charge < -0.3 is 4.79 Å². The minimum atomic E-state index is -0.801. The minimum Gasteiger partial charge on any atom is -0.302 e. The van der Waals surface area contributed by atoms with Crippen molar-refractivity contribution in [3.8, 4) is 0 Å². The van der Waals surface area contributed by atoms with E-state index in [1.807, 2.05) is 0 Å². The van der Waals surface area contributed by atoms with Crippen LogP contribution in [0.3, 0.4) is 0 Å². The smallest absolute Gasteiger partial charge is 0.137 e. The summed E-state index contributed by atoms with van der Waals surface area (Å²) in [5, 5.41) is 0. The van der Waals surface area contributed by atoms with E-state index in [1.54, 1.807) is 11.9 Å². The van der Waals surface area contributed by atoms with Crippen molar-refractivity contribution in [2.75, 3.05) is 13.6 Å². The quantitative estimate of drug-likeness (QED) is 0.475. The Hall–Kier alpha value is -0.440. The van der Waals surface area contributed by atoms with Gasteiger partial charge in [0.15, 0.2) is 0 Å². The van der Waals surface area contributed by atoms with Gasteiger partial charge in [-0.3, -0.25) is 4.90 Å². The highest BCUT2D eigenvalue weighted by atomic mass is 19.1. The average Bonchev–Trinajstić information content (AvgIpc) is 2.10. The molecule has 1 saturated heterocycles. The first-order valence-corrected chi connectivity index (χ1v) is 3.03. The third-order valence-corrected chi connectivity index (χ3v) is 1.71. The maximum absolute atomic E-state index is 12.4. The number of hydrogen-bond donors (Lipinski definition) is 0. The van der Waals surface area contributed by atoms with E-state index >= 15 is 0 Å². The van der Waals surface area contributed by atoms with E-state index in [0.717, 1.165) is 6.29 Å². The maximum atomic E-state index is 12.4. The molecule has 1 rings (SSSR count). The normalized spacial score (nSPS) is 37.1. The third kappa shape index (κ3) is 1.27. The number of carbonyl (C=O) groups is 1. The van der Waals surface area contributed by atoms with E-state index in [4.69, 9.17) is 0 Å². The number of carbonyl (C=O) groups excluding carboxylic acids is 1. The number of nitrogens with zero attached hydrogens (tertiary/aromatic N) is 1. The average molecular weight is 131 g/mol. The van der Waals surface area contributed by atoms with Crippen LogP contribution in [0, 0.1) is 0 Å². The number of hydrogen-bond acceptors (Lipinski definition) is 2. The Balaban J connectivity index is 2.47. The molecule has 2 atom stereocenters. The van der Waals surface area contributed by atoms with E-state index < -0.39 is 6.17 Å². The first-order valence-electron chi connectivity index (χ1n) is 3.03. The van der Waals surface area contributed by atoms with Gasteiger partial charge in [0.2, 0.25) is 0 Å². The van der Waals surface area contributed by atoms with Crippen molar-refractivity contribution in [2.24, 2.45) is 0 Å². The molecule has 1 aliphatic heterocycles. The lowest BCUT2D eigenvalue weighted by molar-refractivity contribution is -0.111. The first-order chi connectivity index (χ1) is 4.24. The van der Waals surface area contributed by atoms with Crippen molar-refractivity contribution in [1.82, 2.24) is 4.90 Å². The van der Waals surface area contributed by atoms with Crippen LogP contribution in [0.4, 0.5) is 4.39 Å². The van der Waals surface area contributed by atoms with Gasteiger partial charge in [-0.15, -0.1) is 0 Å². The van der Waals surface area contributed by atoms with Crippen molar-refractivity contribution in [3.05, 3.63) is 0 Å². The molecule has 0 saturated carbocycles. The fourth-order valence-electron chi connectivity index (χ4n) is 1.12. The van der Waals surface area contributed by atoms with Gasteiger partial charge in [-0.05, 0) is 7.05 Å². The van der Waals surface area contributed by atoms with E-state index in [0.29, 0.717) is 13.0 Å². The fraction of sp³-hybridized carbons (Fsp3) is 0.833. The molecule has 52 valence electrons. The standard InChI is InChI=1S/C6H10FNO/c1-8-3-5(7)2-6(8)4-9/h4-6H,2-3H2,1H3/t5-,6+/m0/s1. The lowest BCUT2D eigenvalue weighted by Gasteiger charge is -2.10. The molecule has 0 amide bonds. The topological polar surface area (TPSA) is 20.3 Å². The molecular weight excluding hydrogens is 121 g/mol. The van der Waals surface area contributed by atoms with Crippen LogP contribution in [0.1, 0.15) is 6.42 Å². The molecule has 1 fully saturated rings. The van der Waals surface area contributed by atoms with Crippen LogP contribution in [0.5, 0.6) is 0 Å². The largest absolute Gasteiger partial charge is 0.302 e. The number of likely N-dealkylation sites (tertiary alicyclic amines) is 1. The van der Waals surface area contributed by atoms with E-state index in [2.05, 4.69) is 0 Å². The number of rotatable bonds is 1. The van der Waals surface area contributed by atoms with Gasteiger partial charge in [0.1, 0.15) is 12.5 Å². The number of aldehydes is 1. The molecule has 0 aromatic carbocycles. The van der Waals surface area contributed by atoms with Crippen molar-refractivity contribution >= 4 is 6.29 Å². The molecule has 2 nitrogen and oxygen atoms in total. The lowest BCUT2D eigenvalue weighted by atomic mass is 10.2. The molecule has 1 aliphatic rings. The van der Waals surface area contributed by atoms with Crippen molar-refractivity contribution in [1.29, 1.82) is 0 Å². The predicted molar refractivity (Wildman–Crippen MR) is 32.0 cm³/mol. The van der Waals surface area contributed by atoms with Gasteiger partial charge in [0, 0.05) is 13.0 Å². The molecule has 1 heterocycles. The number of alkyl halides is 1. The second-order valence-corrected chi connectivity index (χ2v) is 2.48. The predicted octanol–water partition coefficient (Wildman–Crippen LogP) is 0.227. The Morgan fingerprint density at radius 1 is 1.78 bits per heavy atom. The van der Waals surface area contributed by atoms with E-state index in [1.165, 1.54) is 0 Å². The highest BCUT2D eigenvalue weighted by Crippen LogP contribution is 2.15. The summed E-state index contributed by atoms with van der Waals surface area (Å²) < 4.78 is 12.4. The Morgan fingerprint density at radius 2 is 2.44 bits per heavy atom. The van der Waals surface area contributed by atoms with Gasteiger partial charge in [-0.2, -0.15) is 0 Å². The van der Waals surface area contributed by atoms with Gasteiger partial charge >= 0.3 is 0 Å². The highest BCUT2D eigenvalue weighted by Gasteiger charge is 2.28. The Kier molecular flexibility index (Phi) is 1.81. The van der Waals surface area contributed by atoms with Crippen LogP contribution in [0.15, 0.2) is 0 Å². The Bertz CT molecular complexity index is 118. The van der Waals surface area contributed by atoms with E-state index in [9.17, 15) is 9.18 Å². The van der Waals surface area contributed by atoms with Crippen LogP contribution in [0.25, 0.3) is 0 Å². The molecule has 0 unspecified atom stereocenters. The van der Waals surface area contributed by atoms with Crippen LogP contribution < -0.4 is 0 Å².